The number of aliphatic hydroxyl groups excluding tert-OH is 1. The first kappa shape index (κ1) is 31.6. The molecule has 44 heavy (non-hydrogen) atoms. The van der Waals surface area contributed by atoms with Crippen LogP contribution in [0, 0.1) is 11.3 Å². The molecule has 0 unspecified atom stereocenters. The maximum Gasteiger partial charge on any atom is 0.338 e. The summed E-state index contributed by atoms with van der Waals surface area (Å²) in [7, 11) is 0. The van der Waals surface area contributed by atoms with E-state index in [2.05, 4.69) is 0 Å². The van der Waals surface area contributed by atoms with Crippen molar-refractivity contribution in [3.63, 3.8) is 0 Å². The smallest absolute Gasteiger partial charge is 0.338 e. The van der Waals surface area contributed by atoms with Crippen LogP contribution in [0.15, 0.2) is 60.7 Å². The lowest BCUT2D eigenvalue weighted by molar-refractivity contribution is -0.351. The van der Waals surface area contributed by atoms with Crippen molar-refractivity contribution in [2.75, 3.05) is 0 Å². The predicted octanol–water partition coefficient (Wildman–Crippen LogP) is 3.00. The Hall–Kier alpha value is -3.80. The quantitative estimate of drug-likeness (QED) is 0.366. The first-order valence-corrected chi connectivity index (χ1v) is 14.5. The summed E-state index contributed by atoms with van der Waals surface area (Å²) in [6.45, 7) is 8.69. The van der Waals surface area contributed by atoms with Crippen LogP contribution in [0.5, 0.6) is 0 Å². The fourth-order valence-electron chi connectivity index (χ4n) is 7.88. The lowest BCUT2D eigenvalue weighted by Gasteiger charge is -2.65. The topological polar surface area (TPSA) is 155 Å². The Kier molecular flexibility index (Phi) is 7.89. The van der Waals surface area contributed by atoms with Crippen molar-refractivity contribution in [3.05, 3.63) is 71.8 Å². The van der Waals surface area contributed by atoms with Crippen LogP contribution in [-0.2, 0) is 33.3 Å². The number of hydrogen-bond acceptors (Lipinski definition) is 11. The van der Waals surface area contributed by atoms with Gasteiger partial charge in [-0.3, -0.25) is 9.59 Å². The van der Waals surface area contributed by atoms with Crippen LogP contribution >= 0.6 is 0 Å². The maximum absolute atomic E-state index is 13.7. The zero-order valence-electron chi connectivity index (χ0n) is 25.5. The second-order valence-corrected chi connectivity index (χ2v) is 12.8. The van der Waals surface area contributed by atoms with Gasteiger partial charge in [-0.1, -0.05) is 36.4 Å². The van der Waals surface area contributed by atoms with E-state index in [1.807, 2.05) is 0 Å². The summed E-state index contributed by atoms with van der Waals surface area (Å²) < 4.78 is 30.9. The molecule has 1 spiro atoms. The first-order chi connectivity index (χ1) is 20.6. The van der Waals surface area contributed by atoms with E-state index in [-0.39, 0.29) is 17.5 Å². The Balaban J connectivity index is 1.78. The summed E-state index contributed by atoms with van der Waals surface area (Å²) in [5.41, 5.74) is -6.59. The van der Waals surface area contributed by atoms with Gasteiger partial charge in [-0.05, 0) is 52.0 Å². The highest BCUT2D eigenvalue weighted by Gasteiger charge is 2.86. The summed E-state index contributed by atoms with van der Waals surface area (Å²) in [6.07, 6.45) is -7.41. The molecule has 3 fully saturated rings. The summed E-state index contributed by atoms with van der Waals surface area (Å²) in [4.78, 5) is 52.5. The lowest BCUT2D eigenvalue weighted by Crippen LogP contribution is -2.83. The summed E-state index contributed by atoms with van der Waals surface area (Å²) in [5.74, 6) is -4.01. The third-order valence-electron chi connectivity index (χ3n) is 9.43. The molecule has 0 radical (unpaired) electrons. The van der Waals surface area contributed by atoms with Crippen molar-refractivity contribution in [2.24, 2.45) is 11.3 Å². The minimum Gasteiger partial charge on any atom is -0.459 e. The van der Waals surface area contributed by atoms with Gasteiger partial charge in [0.1, 0.15) is 23.9 Å². The number of benzene rings is 2. The molecule has 5 rings (SSSR count). The van der Waals surface area contributed by atoms with Crippen LogP contribution in [0.1, 0.15) is 68.7 Å². The van der Waals surface area contributed by atoms with E-state index in [1.165, 1.54) is 20.8 Å². The van der Waals surface area contributed by atoms with Crippen molar-refractivity contribution in [1.29, 1.82) is 0 Å². The van der Waals surface area contributed by atoms with Gasteiger partial charge in [-0.15, -0.1) is 0 Å². The normalized spacial score (nSPS) is 36.8. The van der Waals surface area contributed by atoms with Crippen LogP contribution in [0.25, 0.3) is 0 Å². The number of rotatable bonds is 6. The number of aliphatic hydroxyl groups is 2. The number of carbonyl (C=O) groups excluding carboxylic acids is 4. The number of hydrogen-bond donors (Lipinski definition) is 2. The van der Waals surface area contributed by atoms with E-state index < -0.39 is 82.5 Å². The van der Waals surface area contributed by atoms with Crippen molar-refractivity contribution in [1.82, 2.24) is 0 Å². The minimum absolute atomic E-state index is 0.181. The molecule has 11 heteroatoms. The second kappa shape index (κ2) is 11.0. The number of esters is 4. The molecule has 11 nitrogen and oxygen atoms in total. The van der Waals surface area contributed by atoms with E-state index in [0.717, 1.165) is 6.92 Å². The highest BCUT2D eigenvalue weighted by molar-refractivity contribution is 5.90. The van der Waals surface area contributed by atoms with Gasteiger partial charge in [0, 0.05) is 20.3 Å². The van der Waals surface area contributed by atoms with Gasteiger partial charge in [0.15, 0.2) is 6.10 Å². The standard InChI is InChI=1S/C33H38O11/c1-18(34)40-25-22(36)17-31(5,39)33-26(41-19(2)35)23(30(3,4)44-33)24(42-28(37)20-13-9-7-10-14-20)27(32(25,33)6)43-29(38)21-15-11-8-12-16-21/h7-16,22-27,36,39H,17H2,1-6H3/t22-,23+,24-,25-,26+,27-,31-,32-,33-/m0/s1. The first-order valence-electron chi connectivity index (χ1n) is 14.5. The van der Waals surface area contributed by atoms with Gasteiger partial charge in [0.25, 0.3) is 0 Å². The molecule has 9 atom stereocenters. The van der Waals surface area contributed by atoms with E-state index >= 15 is 0 Å². The lowest BCUT2D eigenvalue weighted by atomic mass is 9.46. The van der Waals surface area contributed by atoms with Crippen molar-refractivity contribution in [2.45, 2.75) is 95.3 Å². The fraction of sp³-hybridized carbons (Fsp3) is 0.515. The number of ether oxygens (including phenoxy) is 5. The Morgan fingerprint density at radius 3 is 1.70 bits per heavy atom. The Morgan fingerprint density at radius 1 is 0.727 bits per heavy atom. The van der Waals surface area contributed by atoms with E-state index in [4.69, 9.17) is 23.7 Å². The summed E-state index contributed by atoms with van der Waals surface area (Å²) in [5, 5.41) is 23.6. The molecular weight excluding hydrogens is 572 g/mol. The molecule has 0 aromatic heterocycles. The molecule has 2 bridgehead atoms. The molecule has 2 aromatic rings. The minimum atomic E-state index is -1.93. The molecule has 2 N–H and O–H groups in total. The van der Waals surface area contributed by atoms with Crippen molar-refractivity contribution >= 4 is 23.9 Å². The Morgan fingerprint density at radius 2 is 1.20 bits per heavy atom. The van der Waals surface area contributed by atoms with Crippen molar-refractivity contribution in [3.8, 4) is 0 Å². The molecule has 2 aliphatic carbocycles. The molecule has 2 aromatic carbocycles. The molecule has 2 saturated carbocycles. The van der Waals surface area contributed by atoms with Crippen LogP contribution in [0.4, 0.5) is 0 Å². The SMILES string of the molecule is CC(=O)O[C@@H]1[C@H]2[C@H](OC(=O)c3ccccc3)[C@H](OC(=O)c3ccccc3)[C@]3(C)[C@@H](OC(C)=O)[C@@H](O)C[C@](C)(O)[C@@]13OC2(C)C. The number of fused-ring (bicyclic) bond motifs is 1. The molecular formula is C33H38O11. The largest absolute Gasteiger partial charge is 0.459 e. The van der Waals surface area contributed by atoms with Gasteiger partial charge in [0.2, 0.25) is 0 Å². The van der Waals surface area contributed by atoms with Crippen LogP contribution in [-0.4, -0.2) is 81.4 Å². The summed E-state index contributed by atoms with van der Waals surface area (Å²) >= 11 is 0. The van der Waals surface area contributed by atoms with Crippen LogP contribution in [0.3, 0.4) is 0 Å². The highest BCUT2D eigenvalue weighted by atomic mass is 16.6. The third kappa shape index (κ3) is 4.78. The van der Waals surface area contributed by atoms with Gasteiger partial charge in [-0.25, -0.2) is 9.59 Å². The van der Waals surface area contributed by atoms with Gasteiger partial charge >= 0.3 is 23.9 Å². The number of carbonyl (C=O) groups is 4. The van der Waals surface area contributed by atoms with Crippen molar-refractivity contribution < 1.29 is 53.1 Å². The third-order valence-corrected chi connectivity index (χ3v) is 9.43. The second-order valence-electron chi connectivity index (χ2n) is 12.8. The molecule has 3 aliphatic rings. The molecule has 1 heterocycles. The zero-order chi connectivity index (χ0) is 32.2. The molecule has 0 amide bonds. The monoisotopic (exact) mass is 610 g/mol. The average Bonchev–Trinajstić information content (AvgIpc) is 3.16. The van der Waals surface area contributed by atoms with Crippen LogP contribution in [0.2, 0.25) is 0 Å². The van der Waals surface area contributed by atoms with Crippen LogP contribution < -0.4 is 0 Å². The molecule has 236 valence electrons. The Labute approximate surface area is 255 Å². The maximum atomic E-state index is 13.7. The van der Waals surface area contributed by atoms with Gasteiger partial charge in [-0.2, -0.15) is 0 Å². The average molecular weight is 611 g/mol. The fourth-order valence-corrected chi connectivity index (χ4v) is 7.88. The van der Waals surface area contributed by atoms with Gasteiger partial charge < -0.3 is 33.9 Å². The van der Waals surface area contributed by atoms with Gasteiger partial charge in [0.05, 0.1) is 39.8 Å². The zero-order valence-corrected chi connectivity index (χ0v) is 25.5. The molecule has 1 saturated heterocycles. The summed E-state index contributed by atoms with van der Waals surface area (Å²) in [6, 6.07) is 16.3. The van der Waals surface area contributed by atoms with E-state index in [9.17, 15) is 29.4 Å². The van der Waals surface area contributed by atoms with E-state index in [0.29, 0.717) is 0 Å². The Bertz CT molecular complexity index is 1440. The van der Waals surface area contributed by atoms with E-state index in [1.54, 1.807) is 74.5 Å². The highest BCUT2D eigenvalue weighted by Crippen LogP contribution is 2.69. The molecule has 1 aliphatic heterocycles. The predicted molar refractivity (Wildman–Crippen MR) is 153 cm³/mol.